The Morgan fingerprint density at radius 1 is 1.05 bits per heavy atom. The molecule has 21 heavy (non-hydrogen) atoms. The topological polar surface area (TPSA) is 46.2 Å². The lowest BCUT2D eigenvalue weighted by Crippen LogP contribution is -2.52. The van der Waals surface area contributed by atoms with Gasteiger partial charge in [-0.05, 0) is 80.0 Å². The monoisotopic (exact) mass is 289 g/mol. The summed E-state index contributed by atoms with van der Waals surface area (Å²) in [7, 11) is 0. The van der Waals surface area contributed by atoms with Gasteiger partial charge in [0.25, 0.3) is 0 Å². The molecule has 0 aromatic rings. The number of fused-ring (bicyclic) bond motifs is 5. The molecule has 4 aliphatic rings. The number of hydrogen-bond acceptors (Lipinski definition) is 2. The zero-order valence-electron chi connectivity index (χ0n) is 13.6. The Balaban J connectivity index is 1.67. The van der Waals surface area contributed by atoms with Crippen LogP contribution in [0.3, 0.4) is 0 Å². The lowest BCUT2D eigenvalue weighted by atomic mass is 9.47. The molecule has 3 saturated carbocycles. The van der Waals surface area contributed by atoms with Crippen LogP contribution in [0.15, 0.2) is 11.6 Å². The first-order valence-electron chi connectivity index (χ1n) is 9.10. The first kappa shape index (κ1) is 14.3. The molecule has 3 fully saturated rings. The normalized spacial score (nSPS) is 56.2. The molecule has 4 rings (SSSR count). The van der Waals surface area contributed by atoms with Crippen LogP contribution in [0.1, 0.15) is 65.2 Å². The maximum absolute atomic E-state index is 9.99. The van der Waals surface area contributed by atoms with E-state index >= 15 is 0 Å². The quantitative estimate of drug-likeness (QED) is 0.669. The van der Waals surface area contributed by atoms with Gasteiger partial charge in [-0.3, -0.25) is 0 Å². The van der Waals surface area contributed by atoms with Gasteiger partial charge in [0.2, 0.25) is 0 Å². The molecule has 0 heterocycles. The van der Waals surface area contributed by atoms with E-state index in [1.54, 1.807) is 5.57 Å². The highest BCUT2D eigenvalue weighted by molar-refractivity contribution is 5.25. The maximum Gasteiger partial charge on any atom is 0.0724 e. The van der Waals surface area contributed by atoms with Crippen LogP contribution in [-0.4, -0.2) is 17.3 Å². The van der Waals surface area contributed by atoms with Crippen molar-refractivity contribution in [1.29, 1.82) is 0 Å². The number of rotatable bonds is 0. The smallest absolute Gasteiger partial charge is 0.0724 e. The summed E-state index contributed by atoms with van der Waals surface area (Å²) in [6, 6.07) is 0.432. The van der Waals surface area contributed by atoms with E-state index in [2.05, 4.69) is 19.9 Å². The minimum Gasteiger partial charge on any atom is -0.389 e. The molecule has 0 bridgehead atoms. The number of aliphatic hydroxyl groups excluding tert-OH is 1. The van der Waals surface area contributed by atoms with Gasteiger partial charge in [-0.2, -0.15) is 0 Å². The summed E-state index contributed by atoms with van der Waals surface area (Å²) in [5, 5.41) is 9.99. The molecule has 2 nitrogen and oxygen atoms in total. The van der Waals surface area contributed by atoms with E-state index in [0.29, 0.717) is 16.9 Å². The summed E-state index contributed by atoms with van der Waals surface area (Å²) < 4.78 is 0. The summed E-state index contributed by atoms with van der Waals surface area (Å²) in [5.74, 6) is 2.58. The highest BCUT2D eigenvalue weighted by atomic mass is 16.3. The minimum absolute atomic E-state index is 0.182. The zero-order chi connectivity index (χ0) is 14.8. The van der Waals surface area contributed by atoms with Crippen molar-refractivity contribution in [3.05, 3.63) is 11.6 Å². The number of allylic oxidation sites excluding steroid dienone is 1. The highest BCUT2D eigenvalue weighted by Crippen LogP contribution is 2.65. The van der Waals surface area contributed by atoms with E-state index < -0.39 is 0 Å². The summed E-state index contributed by atoms with van der Waals surface area (Å²) in [6.45, 7) is 4.98. The van der Waals surface area contributed by atoms with Crippen molar-refractivity contribution >= 4 is 0 Å². The Kier molecular flexibility index (Phi) is 3.11. The molecule has 2 unspecified atom stereocenters. The van der Waals surface area contributed by atoms with E-state index in [9.17, 15) is 5.11 Å². The third kappa shape index (κ3) is 1.84. The van der Waals surface area contributed by atoms with Gasteiger partial charge in [0.1, 0.15) is 0 Å². The molecule has 7 atom stereocenters. The first-order valence-corrected chi connectivity index (χ1v) is 9.10. The fraction of sp³-hybridized carbons (Fsp3) is 0.895. The maximum atomic E-state index is 9.99. The van der Waals surface area contributed by atoms with Gasteiger partial charge in [-0.25, -0.2) is 0 Å². The summed E-state index contributed by atoms with van der Waals surface area (Å²) in [4.78, 5) is 0. The third-order valence-electron chi connectivity index (χ3n) is 8.16. The third-order valence-corrected chi connectivity index (χ3v) is 8.16. The van der Waals surface area contributed by atoms with Crippen molar-refractivity contribution in [2.45, 2.75) is 77.4 Å². The average molecular weight is 289 g/mol. The predicted octanol–water partition coefficient (Wildman–Crippen LogP) is 3.64. The van der Waals surface area contributed by atoms with Crippen molar-refractivity contribution in [3.63, 3.8) is 0 Å². The molecule has 0 saturated heterocycles. The molecule has 0 spiro atoms. The molecular weight excluding hydrogens is 258 g/mol. The number of aliphatic hydroxyl groups is 1. The molecule has 0 aromatic carbocycles. The number of nitrogens with two attached hydrogens (primary N) is 1. The lowest BCUT2D eigenvalue weighted by Gasteiger charge is -2.58. The molecule has 3 N–H and O–H groups in total. The Bertz CT molecular complexity index is 472. The first-order chi connectivity index (χ1) is 9.95. The van der Waals surface area contributed by atoms with E-state index in [4.69, 9.17) is 5.73 Å². The minimum atomic E-state index is -0.182. The molecule has 4 aliphatic carbocycles. The van der Waals surface area contributed by atoms with Gasteiger partial charge < -0.3 is 10.8 Å². The van der Waals surface area contributed by atoms with Crippen LogP contribution in [-0.2, 0) is 0 Å². The van der Waals surface area contributed by atoms with E-state index in [-0.39, 0.29) is 6.10 Å². The largest absolute Gasteiger partial charge is 0.389 e. The molecular formula is C19H31NO. The molecule has 0 amide bonds. The van der Waals surface area contributed by atoms with Crippen LogP contribution in [0.4, 0.5) is 0 Å². The Morgan fingerprint density at radius 3 is 2.67 bits per heavy atom. The molecule has 2 heteroatoms. The fourth-order valence-corrected chi connectivity index (χ4v) is 6.75. The molecule has 118 valence electrons. The lowest BCUT2D eigenvalue weighted by molar-refractivity contribution is -0.0453. The SMILES string of the molecule is C[C@]12CCC(O)C=C1CC[C@@H]1[C@@H]2CC[C@]2(C)C(N)CC[C@@H]12. The van der Waals surface area contributed by atoms with Crippen molar-refractivity contribution in [2.24, 2.45) is 34.3 Å². The van der Waals surface area contributed by atoms with Crippen LogP contribution in [0.5, 0.6) is 0 Å². The van der Waals surface area contributed by atoms with Crippen molar-refractivity contribution in [3.8, 4) is 0 Å². The van der Waals surface area contributed by atoms with Crippen LogP contribution in [0.2, 0.25) is 0 Å². The van der Waals surface area contributed by atoms with Crippen molar-refractivity contribution < 1.29 is 5.11 Å². The van der Waals surface area contributed by atoms with Gasteiger partial charge in [-0.15, -0.1) is 0 Å². The summed E-state index contributed by atoms with van der Waals surface area (Å²) in [5.41, 5.74) is 8.84. The van der Waals surface area contributed by atoms with Gasteiger partial charge in [0, 0.05) is 6.04 Å². The average Bonchev–Trinajstić information content (AvgIpc) is 2.76. The van der Waals surface area contributed by atoms with Gasteiger partial charge >= 0.3 is 0 Å². The van der Waals surface area contributed by atoms with Gasteiger partial charge in [0.15, 0.2) is 0 Å². The molecule has 0 aromatic heterocycles. The van der Waals surface area contributed by atoms with Crippen LogP contribution in [0.25, 0.3) is 0 Å². The Hall–Kier alpha value is -0.340. The van der Waals surface area contributed by atoms with E-state index in [0.717, 1.165) is 24.2 Å². The zero-order valence-corrected chi connectivity index (χ0v) is 13.6. The Morgan fingerprint density at radius 2 is 1.86 bits per heavy atom. The van der Waals surface area contributed by atoms with Gasteiger partial charge in [-0.1, -0.05) is 25.5 Å². The summed E-state index contributed by atoms with van der Waals surface area (Å²) in [6.07, 6.45) is 12.0. The Labute approximate surface area is 129 Å². The van der Waals surface area contributed by atoms with Crippen molar-refractivity contribution in [1.82, 2.24) is 0 Å². The second-order valence-corrected chi connectivity index (χ2v) is 8.86. The standard InChI is InChI=1S/C19H31NO/c1-18-9-7-13(21)11-12(18)3-4-14-15-5-6-17(20)19(15,2)10-8-16(14)18/h11,13-17,21H,3-10,20H2,1-2H3/t13?,14-,15-,16-,17?,18-,19-/m0/s1. The second kappa shape index (κ2) is 4.58. The molecule has 0 radical (unpaired) electrons. The predicted molar refractivity (Wildman–Crippen MR) is 85.7 cm³/mol. The number of hydrogen-bond donors (Lipinski definition) is 2. The van der Waals surface area contributed by atoms with Crippen LogP contribution in [0, 0.1) is 28.6 Å². The second-order valence-electron chi connectivity index (χ2n) is 8.86. The van der Waals surface area contributed by atoms with E-state index in [1.165, 1.54) is 44.9 Å². The van der Waals surface area contributed by atoms with Crippen LogP contribution >= 0.6 is 0 Å². The molecule has 0 aliphatic heterocycles. The van der Waals surface area contributed by atoms with Crippen molar-refractivity contribution in [2.75, 3.05) is 0 Å². The summed E-state index contributed by atoms with van der Waals surface area (Å²) >= 11 is 0. The van der Waals surface area contributed by atoms with Crippen LogP contribution < -0.4 is 5.73 Å². The highest BCUT2D eigenvalue weighted by Gasteiger charge is 2.58. The fourth-order valence-electron chi connectivity index (χ4n) is 6.75. The van der Waals surface area contributed by atoms with E-state index in [1.807, 2.05) is 0 Å². The van der Waals surface area contributed by atoms with Gasteiger partial charge in [0.05, 0.1) is 6.10 Å².